The minimum atomic E-state index is -0.392. The van der Waals surface area contributed by atoms with E-state index in [4.69, 9.17) is 0 Å². The fraction of sp³-hybridized carbons (Fsp3) is 0.167. The highest BCUT2D eigenvalue weighted by atomic mass is 32.2. The van der Waals surface area contributed by atoms with Gasteiger partial charge in [-0.05, 0) is 17.7 Å². The van der Waals surface area contributed by atoms with Gasteiger partial charge in [0.15, 0.2) is 5.17 Å². The molecule has 1 aromatic heterocycles. The molecule has 2 aliphatic heterocycles. The first-order valence-electron chi connectivity index (χ1n) is 7.97. The highest BCUT2D eigenvalue weighted by Crippen LogP contribution is 2.28. The number of pyridine rings is 1. The third-order valence-corrected chi connectivity index (χ3v) is 5.07. The number of amides is 1. The number of carbonyl (C=O) groups excluding carboxylic acids is 1. The summed E-state index contributed by atoms with van der Waals surface area (Å²) in [7, 11) is 0. The lowest BCUT2D eigenvalue weighted by molar-refractivity contribution is 0.0954. The summed E-state index contributed by atoms with van der Waals surface area (Å²) in [6, 6.07) is 12.8. The second kappa shape index (κ2) is 6.60. The fourth-order valence-corrected chi connectivity index (χ4v) is 3.77. The van der Waals surface area contributed by atoms with Crippen LogP contribution in [0.1, 0.15) is 10.4 Å². The topological polar surface area (TPSA) is 77.6 Å². The molecule has 0 saturated carbocycles. The number of aromatic nitrogens is 1. The summed E-state index contributed by atoms with van der Waals surface area (Å²) in [5.74, 6) is -0.378. The molecule has 25 heavy (non-hydrogen) atoms. The Balaban J connectivity index is 1.46. The Kier molecular flexibility index (Phi) is 4.15. The van der Waals surface area contributed by atoms with Crippen LogP contribution in [0.15, 0.2) is 63.4 Å². The van der Waals surface area contributed by atoms with Gasteiger partial charge in [0, 0.05) is 23.3 Å². The Morgan fingerprint density at radius 3 is 2.88 bits per heavy atom. The largest absolute Gasteiger partial charge is 0.346 e. The molecule has 3 heterocycles. The van der Waals surface area contributed by atoms with E-state index in [9.17, 15) is 9.59 Å². The molecule has 2 aliphatic rings. The predicted octanol–water partition coefficient (Wildman–Crippen LogP) is 2.03. The van der Waals surface area contributed by atoms with Crippen molar-refractivity contribution in [1.29, 1.82) is 0 Å². The van der Waals surface area contributed by atoms with Crippen molar-refractivity contribution in [2.75, 3.05) is 19.6 Å². The molecule has 2 N–H and O–H groups in total. The number of benzene rings is 1. The Hall–Kier alpha value is -2.80. The molecule has 4 rings (SSSR count). The lowest BCUT2D eigenvalue weighted by Gasteiger charge is -2.16. The molecule has 0 fully saturated rings. The van der Waals surface area contributed by atoms with E-state index in [0.29, 0.717) is 12.2 Å². The Morgan fingerprint density at radius 2 is 2.08 bits per heavy atom. The van der Waals surface area contributed by atoms with Crippen molar-refractivity contribution in [2.24, 2.45) is 4.99 Å². The maximum absolute atomic E-state index is 12.3. The number of fused-ring (bicyclic) bond motifs is 1. The lowest BCUT2D eigenvalue weighted by Crippen LogP contribution is -2.34. The summed E-state index contributed by atoms with van der Waals surface area (Å²) in [6.07, 6.45) is 0. The smallest absolute Gasteiger partial charge is 0.261 e. The van der Waals surface area contributed by atoms with Crippen molar-refractivity contribution in [2.45, 2.75) is 0 Å². The maximum Gasteiger partial charge on any atom is 0.261 e. The van der Waals surface area contributed by atoms with Gasteiger partial charge in [0.1, 0.15) is 5.56 Å². The van der Waals surface area contributed by atoms with Crippen molar-refractivity contribution in [3.8, 4) is 11.3 Å². The van der Waals surface area contributed by atoms with Crippen LogP contribution in [-0.2, 0) is 0 Å². The van der Waals surface area contributed by atoms with Gasteiger partial charge in [0.05, 0.1) is 13.1 Å². The molecule has 0 aliphatic carbocycles. The van der Waals surface area contributed by atoms with Crippen molar-refractivity contribution in [3.63, 3.8) is 0 Å². The van der Waals surface area contributed by atoms with Crippen molar-refractivity contribution in [3.05, 3.63) is 69.5 Å². The molecule has 0 bridgehead atoms. The Labute approximate surface area is 148 Å². The minimum Gasteiger partial charge on any atom is -0.346 e. The van der Waals surface area contributed by atoms with E-state index in [2.05, 4.69) is 20.2 Å². The summed E-state index contributed by atoms with van der Waals surface area (Å²) in [4.78, 5) is 33.9. The van der Waals surface area contributed by atoms with Crippen LogP contribution in [-0.4, -0.2) is 40.6 Å². The molecular weight excluding hydrogens is 336 g/mol. The summed E-state index contributed by atoms with van der Waals surface area (Å²) >= 11 is 1.57. The van der Waals surface area contributed by atoms with E-state index in [-0.39, 0.29) is 11.5 Å². The van der Waals surface area contributed by atoms with Gasteiger partial charge in [-0.3, -0.25) is 14.6 Å². The normalized spacial score (nSPS) is 15.6. The molecule has 7 heteroatoms. The number of hydrogen-bond donors (Lipinski definition) is 2. The van der Waals surface area contributed by atoms with Gasteiger partial charge in [-0.1, -0.05) is 42.1 Å². The van der Waals surface area contributed by atoms with Gasteiger partial charge >= 0.3 is 0 Å². The summed E-state index contributed by atoms with van der Waals surface area (Å²) < 4.78 is 0. The van der Waals surface area contributed by atoms with Crippen LogP contribution >= 0.6 is 11.8 Å². The van der Waals surface area contributed by atoms with Crippen molar-refractivity contribution in [1.82, 2.24) is 15.2 Å². The number of nitrogens with one attached hydrogen (secondary N) is 2. The number of rotatable bonds is 4. The van der Waals surface area contributed by atoms with E-state index >= 15 is 0 Å². The number of carbonyl (C=O) groups is 1. The van der Waals surface area contributed by atoms with E-state index in [1.165, 1.54) is 0 Å². The fourth-order valence-electron chi connectivity index (χ4n) is 2.82. The van der Waals surface area contributed by atoms with E-state index in [1.807, 2.05) is 35.7 Å². The lowest BCUT2D eigenvalue weighted by atomic mass is 10.1. The first-order valence-corrected chi connectivity index (χ1v) is 8.85. The second-order valence-corrected chi connectivity index (χ2v) is 6.54. The molecule has 0 saturated heterocycles. The van der Waals surface area contributed by atoms with Gasteiger partial charge in [0.25, 0.3) is 11.5 Å². The SMILES string of the molecule is O=C(NCC1=CSC2=NCCN12)c1ccc(-c2ccccc2)[nH]c1=O. The first kappa shape index (κ1) is 15.7. The molecule has 2 aromatic rings. The van der Waals surface area contributed by atoms with Crippen LogP contribution in [0.25, 0.3) is 11.3 Å². The van der Waals surface area contributed by atoms with Gasteiger partial charge in [-0.25, -0.2) is 0 Å². The zero-order valence-electron chi connectivity index (χ0n) is 13.4. The zero-order valence-corrected chi connectivity index (χ0v) is 14.2. The van der Waals surface area contributed by atoms with E-state index < -0.39 is 5.56 Å². The molecule has 126 valence electrons. The quantitative estimate of drug-likeness (QED) is 0.883. The van der Waals surface area contributed by atoms with Crippen LogP contribution in [0.2, 0.25) is 0 Å². The molecule has 1 amide bonds. The zero-order chi connectivity index (χ0) is 17.2. The second-order valence-electron chi connectivity index (χ2n) is 5.71. The maximum atomic E-state index is 12.3. The van der Waals surface area contributed by atoms with Gasteiger partial charge in [-0.2, -0.15) is 0 Å². The van der Waals surface area contributed by atoms with E-state index in [0.717, 1.165) is 29.5 Å². The van der Waals surface area contributed by atoms with Crippen LogP contribution in [0.5, 0.6) is 0 Å². The van der Waals surface area contributed by atoms with Gasteiger partial charge in [0.2, 0.25) is 0 Å². The molecular formula is C18H16N4O2S. The molecule has 0 unspecified atom stereocenters. The first-order chi connectivity index (χ1) is 12.2. The number of thioether (sulfide) groups is 1. The standard InChI is InChI=1S/C18H16N4O2S/c23-16(20-10-13-11-25-18-19-8-9-22(13)18)14-6-7-15(21-17(14)24)12-4-2-1-3-5-12/h1-7,11H,8-10H2,(H,20,23)(H,21,24). The third kappa shape index (κ3) is 3.10. The minimum absolute atomic E-state index is 0.112. The summed E-state index contributed by atoms with van der Waals surface area (Å²) in [5.41, 5.74) is 2.32. The highest BCUT2D eigenvalue weighted by Gasteiger charge is 2.26. The molecule has 1 aromatic carbocycles. The van der Waals surface area contributed by atoms with E-state index in [1.54, 1.807) is 23.9 Å². The monoisotopic (exact) mass is 352 g/mol. The number of amidine groups is 1. The van der Waals surface area contributed by atoms with Crippen LogP contribution < -0.4 is 10.9 Å². The third-order valence-electron chi connectivity index (χ3n) is 4.12. The molecule has 0 radical (unpaired) electrons. The summed E-state index contributed by atoms with van der Waals surface area (Å²) in [6.45, 7) is 2.01. The number of nitrogens with zero attached hydrogens (tertiary/aromatic N) is 2. The average molecular weight is 352 g/mol. The van der Waals surface area contributed by atoms with Crippen LogP contribution in [0.3, 0.4) is 0 Å². The number of H-pyrrole nitrogens is 1. The molecule has 6 nitrogen and oxygen atoms in total. The highest BCUT2D eigenvalue weighted by molar-refractivity contribution is 8.16. The molecule has 0 spiro atoms. The Morgan fingerprint density at radius 1 is 1.24 bits per heavy atom. The van der Waals surface area contributed by atoms with Crippen LogP contribution in [0, 0.1) is 0 Å². The number of aromatic amines is 1. The number of hydrogen-bond acceptors (Lipinski definition) is 5. The predicted molar refractivity (Wildman–Crippen MR) is 99.5 cm³/mol. The van der Waals surface area contributed by atoms with Crippen LogP contribution in [0.4, 0.5) is 0 Å². The number of aliphatic imine (C=N–C) groups is 1. The Bertz CT molecular complexity index is 934. The van der Waals surface area contributed by atoms with Crippen molar-refractivity contribution < 1.29 is 4.79 Å². The molecule has 0 atom stereocenters. The van der Waals surface area contributed by atoms with Gasteiger partial charge < -0.3 is 15.2 Å². The summed E-state index contributed by atoms with van der Waals surface area (Å²) in [5, 5.41) is 5.78. The van der Waals surface area contributed by atoms with Gasteiger partial charge in [-0.15, -0.1) is 0 Å². The van der Waals surface area contributed by atoms with Crippen molar-refractivity contribution >= 4 is 22.8 Å². The average Bonchev–Trinajstić information content (AvgIpc) is 3.24.